The van der Waals surface area contributed by atoms with E-state index in [1.807, 2.05) is 4.90 Å². The van der Waals surface area contributed by atoms with Gasteiger partial charge in [0.25, 0.3) is 5.91 Å². The zero-order chi connectivity index (χ0) is 17.9. The summed E-state index contributed by atoms with van der Waals surface area (Å²) in [4.78, 5) is 29.2. The number of furan rings is 1. The average molecular weight is 358 g/mol. The molecule has 2 aliphatic heterocycles. The lowest BCUT2D eigenvalue weighted by atomic mass is 10.0. The number of nitrogens with zero attached hydrogens (tertiary/aromatic N) is 6. The van der Waals surface area contributed by atoms with Crippen molar-refractivity contribution < 1.29 is 14.0 Å². The number of rotatable bonds is 2. The minimum atomic E-state index is -0.292. The molecule has 4 rings (SSSR count). The predicted octanol–water partition coefficient (Wildman–Crippen LogP) is 0.908. The summed E-state index contributed by atoms with van der Waals surface area (Å²) in [6, 6.07) is 3.37. The fourth-order valence-electron chi connectivity index (χ4n) is 3.71. The first-order valence-electron chi connectivity index (χ1n) is 9.11. The average Bonchev–Trinajstić information content (AvgIpc) is 3.24. The fourth-order valence-corrected chi connectivity index (χ4v) is 3.71. The van der Waals surface area contributed by atoms with Gasteiger partial charge in [0.1, 0.15) is 0 Å². The molecule has 1 fully saturated rings. The van der Waals surface area contributed by atoms with E-state index in [1.165, 1.54) is 6.26 Å². The highest BCUT2D eigenvalue weighted by Gasteiger charge is 2.33. The molecule has 0 aromatic carbocycles. The Kier molecular flexibility index (Phi) is 4.68. The number of fused-ring (bicyclic) bond motifs is 1. The Bertz CT molecular complexity index is 771. The van der Waals surface area contributed by atoms with Crippen molar-refractivity contribution >= 4 is 11.8 Å². The summed E-state index contributed by atoms with van der Waals surface area (Å²) in [5.74, 6) is 0.658. The van der Waals surface area contributed by atoms with Crippen molar-refractivity contribution in [3.63, 3.8) is 0 Å². The van der Waals surface area contributed by atoms with Gasteiger partial charge < -0.3 is 14.2 Å². The number of carbonyl (C=O) groups excluding carboxylic acids is 2. The van der Waals surface area contributed by atoms with Crippen LogP contribution in [0.3, 0.4) is 0 Å². The van der Waals surface area contributed by atoms with E-state index in [0.717, 1.165) is 32.2 Å². The summed E-state index contributed by atoms with van der Waals surface area (Å²) in [6.45, 7) is 3.04. The minimum Gasteiger partial charge on any atom is -0.459 e. The quantitative estimate of drug-likeness (QED) is 0.791. The zero-order valence-electron chi connectivity index (χ0n) is 14.6. The van der Waals surface area contributed by atoms with Gasteiger partial charge in [-0.2, -0.15) is 0 Å². The van der Waals surface area contributed by atoms with Gasteiger partial charge in [0, 0.05) is 32.7 Å². The second kappa shape index (κ2) is 7.27. The van der Waals surface area contributed by atoms with Gasteiger partial charge >= 0.3 is 0 Å². The molecule has 2 amide bonds. The molecule has 0 bridgehead atoms. The number of aromatic nitrogens is 4. The highest BCUT2D eigenvalue weighted by atomic mass is 16.3. The third-order valence-corrected chi connectivity index (χ3v) is 5.11. The summed E-state index contributed by atoms with van der Waals surface area (Å²) in [5, 5.41) is 11.8. The summed E-state index contributed by atoms with van der Waals surface area (Å²) >= 11 is 0. The van der Waals surface area contributed by atoms with Gasteiger partial charge in [-0.25, -0.2) is 4.68 Å². The molecule has 1 atom stereocenters. The third-order valence-electron chi connectivity index (χ3n) is 5.11. The Hall–Kier alpha value is -2.71. The van der Waals surface area contributed by atoms with E-state index in [9.17, 15) is 9.59 Å². The van der Waals surface area contributed by atoms with E-state index >= 15 is 0 Å². The van der Waals surface area contributed by atoms with E-state index in [1.54, 1.807) is 21.7 Å². The van der Waals surface area contributed by atoms with Crippen LogP contribution in [0.5, 0.6) is 0 Å². The molecule has 0 spiro atoms. The van der Waals surface area contributed by atoms with Gasteiger partial charge in [0.2, 0.25) is 5.91 Å². The van der Waals surface area contributed by atoms with Crippen molar-refractivity contribution in [2.45, 2.75) is 38.1 Å². The first-order chi connectivity index (χ1) is 12.7. The van der Waals surface area contributed by atoms with Crippen LogP contribution in [0.25, 0.3) is 0 Å². The number of hydrogen-bond acceptors (Lipinski definition) is 6. The van der Waals surface area contributed by atoms with E-state index < -0.39 is 0 Å². The minimum absolute atomic E-state index is 0.0650. The molecule has 0 radical (unpaired) electrons. The Balaban J connectivity index is 1.44. The summed E-state index contributed by atoms with van der Waals surface area (Å²) in [6.07, 6.45) is 4.96. The van der Waals surface area contributed by atoms with Crippen molar-refractivity contribution in [3.8, 4) is 0 Å². The number of carbonyl (C=O) groups is 2. The van der Waals surface area contributed by atoms with Crippen molar-refractivity contribution in [2.24, 2.45) is 0 Å². The second-order valence-electron chi connectivity index (χ2n) is 6.76. The molecule has 4 heterocycles. The highest BCUT2D eigenvalue weighted by Crippen LogP contribution is 2.26. The maximum atomic E-state index is 13.1. The number of hydrogen-bond donors (Lipinski definition) is 0. The molecule has 138 valence electrons. The Morgan fingerprint density at radius 1 is 1.04 bits per heavy atom. The SMILES string of the molecule is O=C(c1ccco1)N1CCCN(C(=O)C2CCCCn3nnnc32)CC1. The van der Waals surface area contributed by atoms with Crippen LogP contribution in [0.4, 0.5) is 0 Å². The lowest BCUT2D eigenvalue weighted by Crippen LogP contribution is -2.39. The maximum Gasteiger partial charge on any atom is 0.289 e. The molecule has 2 aromatic heterocycles. The molecule has 9 nitrogen and oxygen atoms in total. The molecule has 1 saturated heterocycles. The van der Waals surface area contributed by atoms with Gasteiger partial charge in [-0.05, 0) is 41.8 Å². The zero-order valence-corrected chi connectivity index (χ0v) is 14.6. The van der Waals surface area contributed by atoms with Gasteiger partial charge in [0.15, 0.2) is 11.6 Å². The Morgan fingerprint density at radius 2 is 1.88 bits per heavy atom. The lowest BCUT2D eigenvalue weighted by Gasteiger charge is -2.25. The number of tetrazole rings is 1. The molecule has 1 unspecified atom stereocenters. The van der Waals surface area contributed by atoms with Crippen LogP contribution >= 0.6 is 0 Å². The Morgan fingerprint density at radius 3 is 2.73 bits per heavy atom. The lowest BCUT2D eigenvalue weighted by molar-refractivity contribution is -0.133. The van der Waals surface area contributed by atoms with Crippen LogP contribution < -0.4 is 0 Å². The highest BCUT2D eigenvalue weighted by molar-refractivity contribution is 5.91. The normalized spacial score (nSPS) is 21.0. The molecule has 26 heavy (non-hydrogen) atoms. The van der Waals surface area contributed by atoms with Crippen molar-refractivity contribution in [1.82, 2.24) is 30.0 Å². The molecule has 9 heteroatoms. The smallest absolute Gasteiger partial charge is 0.289 e. The first kappa shape index (κ1) is 16.7. The molecule has 0 saturated carbocycles. The van der Waals surface area contributed by atoms with Crippen molar-refractivity contribution in [1.29, 1.82) is 0 Å². The molecule has 2 aromatic rings. The number of aryl methyl sites for hydroxylation is 1. The van der Waals surface area contributed by atoms with Crippen LogP contribution in [0.2, 0.25) is 0 Å². The van der Waals surface area contributed by atoms with Crippen LogP contribution in [0.1, 0.15) is 48.0 Å². The van der Waals surface area contributed by atoms with Crippen LogP contribution in [0.15, 0.2) is 22.8 Å². The van der Waals surface area contributed by atoms with Gasteiger partial charge in [-0.1, -0.05) is 6.42 Å². The largest absolute Gasteiger partial charge is 0.459 e. The maximum absolute atomic E-state index is 13.1. The van der Waals surface area contributed by atoms with Gasteiger partial charge in [-0.3, -0.25) is 9.59 Å². The van der Waals surface area contributed by atoms with Gasteiger partial charge in [-0.15, -0.1) is 5.10 Å². The molecular weight excluding hydrogens is 336 g/mol. The van der Waals surface area contributed by atoms with Crippen LogP contribution in [0, 0.1) is 0 Å². The van der Waals surface area contributed by atoms with E-state index in [4.69, 9.17) is 4.42 Å². The standard InChI is InChI=1S/C17H22N6O3/c24-16(13-5-1-2-9-23-15(13)18-19-20-23)21-7-4-8-22(11-10-21)17(25)14-6-3-12-26-14/h3,6,12-13H,1-2,4-5,7-11H2. The summed E-state index contributed by atoms with van der Waals surface area (Å²) in [5.41, 5.74) is 0. The van der Waals surface area contributed by atoms with Crippen LogP contribution in [-0.4, -0.2) is 68.0 Å². The van der Waals surface area contributed by atoms with E-state index in [0.29, 0.717) is 37.8 Å². The predicted molar refractivity (Wildman–Crippen MR) is 90.2 cm³/mol. The van der Waals surface area contributed by atoms with Gasteiger partial charge in [0.05, 0.1) is 12.2 Å². The van der Waals surface area contributed by atoms with E-state index in [-0.39, 0.29) is 17.7 Å². The monoisotopic (exact) mass is 358 g/mol. The molecular formula is C17H22N6O3. The molecule has 2 aliphatic rings. The second-order valence-corrected chi connectivity index (χ2v) is 6.76. The molecule has 0 aliphatic carbocycles. The molecule has 0 N–H and O–H groups in total. The first-order valence-corrected chi connectivity index (χ1v) is 9.11. The van der Waals surface area contributed by atoms with Crippen LogP contribution in [-0.2, 0) is 11.3 Å². The fraction of sp³-hybridized carbons (Fsp3) is 0.588. The summed E-state index contributed by atoms with van der Waals surface area (Å²) < 4.78 is 6.96. The summed E-state index contributed by atoms with van der Waals surface area (Å²) in [7, 11) is 0. The Labute approximate surface area is 150 Å². The topological polar surface area (TPSA) is 97.4 Å². The third kappa shape index (κ3) is 3.21. The van der Waals surface area contributed by atoms with Crippen molar-refractivity contribution in [2.75, 3.05) is 26.2 Å². The number of amides is 2. The van der Waals surface area contributed by atoms with E-state index in [2.05, 4.69) is 15.5 Å². The van der Waals surface area contributed by atoms with Crippen molar-refractivity contribution in [3.05, 3.63) is 30.0 Å².